The number of nitrogens with one attached hydrogen (secondary N) is 2. The van der Waals surface area contributed by atoms with E-state index in [0.29, 0.717) is 18.5 Å². The predicted molar refractivity (Wildman–Crippen MR) is 142 cm³/mol. The number of alkyl carbamates (subject to hydrolysis) is 1. The molecule has 9 heteroatoms. The second-order valence-electron chi connectivity index (χ2n) is 10.7. The zero-order valence-corrected chi connectivity index (χ0v) is 23.1. The fourth-order valence-electron chi connectivity index (χ4n) is 3.48. The van der Waals surface area contributed by atoms with Crippen molar-refractivity contribution in [2.75, 3.05) is 12.3 Å². The molecule has 0 aliphatic heterocycles. The molecule has 1 aromatic rings. The summed E-state index contributed by atoms with van der Waals surface area (Å²) >= 11 is 4.30. The van der Waals surface area contributed by atoms with E-state index in [1.54, 1.807) is 32.9 Å². The van der Waals surface area contributed by atoms with Crippen molar-refractivity contribution in [1.29, 1.82) is 0 Å². The van der Waals surface area contributed by atoms with Gasteiger partial charge >= 0.3 is 6.09 Å². The quantitative estimate of drug-likeness (QED) is 0.258. The van der Waals surface area contributed by atoms with Gasteiger partial charge in [-0.25, -0.2) is 4.79 Å². The van der Waals surface area contributed by atoms with Gasteiger partial charge in [0.1, 0.15) is 23.4 Å². The Hall–Kier alpha value is -2.42. The number of hydrogen-bond acceptors (Lipinski definition) is 6. The second-order valence-corrected chi connectivity index (χ2v) is 11.1. The number of benzene rings is 1. The average Bonchev–Trinajstić information content (AvgIpc) is 2.72. The van der Waals surface area contributed by atoms with Gasteiger partial charge in [-0.3, -0.25) is 9.59 Å². The summed E-state index contributed by atoms with van der Waals surface area (Å²) < 4.78 is 5.32. The monoisotopic (exact) mass is 509 g/mol. The molecule has 3 N–H and O–H groups in total. The average molecular weight is 510 g/mol. The van der Waals surface area contributed by atoms with E-state index in [1.807, 2.05) is 20.8 Å². The summed E-state index contributed by atoms with van der Waals surface area (Å²) in [6.07, 6.45) is 2.90. The molecule has 2 atom stereocenters. The molecule has 1 rings (SSSR count). The molecular weight excluding hydrogens is 466 g/mol. The maximum atomic E-state index is 13.8. The molecule has 1 aromatic carbocycles. The summed E-state index contributed by atoms with van der Waals surface area (Å²) in [5.74, 6) is -0.678. The van der Waals surface area contributed by atoms with Crippen molar-refractivity contribution in [3.05, 3.63) is 29.8 Å². The van der Waals surface area contributed by atoms with Crippen molar-refractivity contribution >= 4 is 30.5 Å². The number of phenols is 1. The Kier molecular flexibility index (Phi) is 11.9. The van der Waals surface area contributed by atoms with Crippen molar-refractivity contribution < 1.29 is 24.2 Å². The van der Waals surface area contributed by atoms with Crippen LogP contribution in [0.25, 0.3) is 0 Å². The first kappa shape index (κ1) is 30.6. The summed E-state index contributed by atoms with van der Waals surface area (Å²) in [5, 5.41) is 15.4. The molecule has 0 saturated carbocycles. The highest BCUT2D eigenvalue weighted by Crippen LogP contribution is 2.26. The SMILES string of the molecule is CCCCCCN(C(=O)C(CS)NC(=O)OC(C)(C)C)C(C(=O)NC(C)(C)C)c1ccc(O)cc1. The first-order chi connectivity index (χ1) is 16.2. The van der Waals surface area contributed by atoms with Crippen molar-refractivity contribution in [2.45, 2.75) is 97.4 Å². The minimum atomic E-state index is -0.985. The van der Waals surface area contributed by atoms with Gasteiger partial charge in [0.15, 0.2) is 0 Å². The van der Waals surface area contributed by atoms with Gasteiger partial charge in [-0.2, -0.15) is 12.6 Å². The molecule has 0 bridgehead atoms. The molecule has 2 unspecified atom stereocenters. The molecule has 0 aromatic heterocycles. The van der Waals surface area contributed by atoms with Crippen LogP contribution in [-0.4, -0.2) is 57.4 Å². The normalized spacial score (nSPS) is 13.5. The number of amides is 3. The number of nitrogens with zero attached hydrogens (tertiary/aromatic N) is 1. The largest absolute Gasteiger partial charge is 0.508 e. The number of unbranched alkanes of at least 4 members (excludes halogenated alkanes) is 3. The molecule has 35 heavy (non-hydrogen) atoms. The van der Waals surface area contributed by atoms with Crippen LogP contribution in [0.3, 0.4) is 0 Å². The molecular formula is C26H43N3O5S. The first-order valence-corrected chi connectivity index (χ1v) is 12.8. The number of phenolic OH excluding ortho intramolecular Hbond substituents is 1. The molecule has 0 heterocycles. The number of hydrogen-bond donors (Lipinski definition) is 4. The van der Waals surface area contributed by atoms with Crippen LogP contribution in [-0.2, 0) is 14.3 Å². The summed E-state index contributed by atoms with van der Waals surface area (Å²) in [5.41, 5.74) is -0.695. The van der Waals surface area contributed by atoms with Crippen molar-refractivity contribution in [3.63, 3.8) is 0 Å². The fraction of sp³-hybridized carbons (Fsp3) is 0.654. The summed E-state index contributed by atoms with van der Waals surface area (Å²) in [6.45, 7) is 13.2. The Balaban J connectivity index is 3.38. The highest BCUT2D eigenvalue weighted by molar-refractivity contribution is 7.80. The lowest BCUT2D eigenvalue weighted by Gasteiger charge is -2.36. The van der Waals surface area contributed by atoms with Gasteiger partial charge in [0.25, 0.3) is 0 Å². The lowest BCUT2D eigenvalue weighted by Crippen LogP contribution is -2.55. The topological polar surface area (TPSA) is 108 Å². The Labute approximate surface area is 215 Å². The summed E-state index contributed by atoms with van der Waals surface area (Å²) in [6, 6.07) is 4.30. The minimum Gasteiger partial charge on any atom is -0.508 e. The van der Waals surface area contributed by atoms with Gasteiger partial charge in [0.05, 0.1) is 0 Å². The van der Waals surface area contributed by atoms with E-state index in [1.165, 1.54) is 17.0 Å². The first-order valence-electron chi connectivity index (χ1n) is 12.2. The third-order valence-corrected chi connectivity index (χ3v) is 5.34. The van der Waals surface area contributed by atoms with E-state index in [-0.39, 0.29) is 17.4 Å². The van der Waals surface area contributed by atoms with Crippen LogP contribution in [0.1, 0.15) is 85.8 Å². The van der Waals surface area contributed by atoms with Crippen LogP contribution < -0.4 is 10.6 Å². The van der Waals surface area contributed by atoms with E-state index in [2.05, 4.69) is 30.2 Å². The van der Waals surface area contributed by atoms with E-state index in [0.717, 1.165) is 19.3 Å². The van der Waals surface area contributed by atoms with Gasteiger partial charge in [-0.1, -0.05) is 38.3 Å². The minimum absolute atomic E-state index is 0.0344. The van der Waals surface area contributed by atoms with Crippen LogP contribution in [0.5, 0.6) is 5.75 Å². The van der Waals surface area contributed by atoms with Crippen LogP contribution in [0.4, 0.5) is 4.79 Å². The van der Waals surface area contributed by atoms with Crippen molar-refractivity contribution in [1.82, 2.24) is 15.5 Å². The smallest absolute Gasteiger partial charge is 0.408 e. The molecule has 198 valence electrons. The molecule has 0 radical (unpaired) electrons. The second kappa shape index (κ2) is 13.6. The van der Waals surface area contributed by atoms with E-state index in [4.69, 9.17) is 4.74 Å². The van der Waals surface area contributed by atoms with Gasteiger partial charge in [0.2, 0.25) is 11.8 Å². The van der Waals surface area contributed by atoms with Gasteiger partial charge in [-0.15, -0.1) is 0 Å². The predicted octanol–water partition coefficient (Wildman–Crippen LogP) is 4.58. The summed E-state index contributed by atoms with van der Waals surface area (Å²) in [7, 11) is 0. The number of ether oxygens (including phenoxy) is 1. The molecule has 0 fully saturated rings. The van der Waals surface area contributed by atoms with Gasteiger partial charge in [-0.05, 0) is 65.7 Å². The number of rotatable bonds is 11. The Morgan fingerprint density at radius 2 is 1.63 bits per heavy atom. The maximum absolute atomic E-state index is 13.8. The van der Waals surface area contributed by atoms with Gasteiger partial charge < -0.3 is 25.4 Å². The fourth-order valence-corrected chi connectivity index (χ4v) is 3.73. The lowest BCUT2D eigenvalue weighted by atomic mass is 10.00. The summed E-state index contributed by atoms with van der Waals surface area (Å²) in [4.78, 5) is 41.2. The molecule has 8 nitrogen and oxygen atoms in total. The van der Waals surface area contributed by atoms with E-state index in [9.17, 15) is 19.5 Å². The standard InChI is InChI=1S/C26H43N3O5S/c1-8-9-10-11-16-29(23(32)20(17-35)27-24(33)34-26(5,6)7)21(22(31)28-25(2,3)4)18-12-14-19(30)15-13-18/h12-15,20-21,30,35H,8-11,16-17H2,1-7H3,(H,27,33)(H,28,31). The number of carbonyl (C=O) groups excluding carboxylic acids is 3. The third-order valence-electron chi connectivity index (χ3n) is 4.97. The number of carbonyl (C=O) groups is 3. The number of thiol groups is 1. The molecule has 0 saturated heterocycles. The Morgan fingerprint density at radius 3 is 2.11 bits per heavy atom. The van der Waals surface area contributed by atoms with Crippen LogP contribution in [0, 0.1) is 0 Å². The zero-order valence-electron chi connectivity index (χ0n) is 22.2. The number of aromatic hydroxyl groups is 1. The van der Waals surface area contributed by atoms with Gasteiger partial charge in [0, 0.05) is 17.8 Å². The Bertz CT molecular complexity index is 831. The zero-order chi connectivity index (χ0) is 26.8. The maximum Gasteiger partial charge on any atom is 0.408 e. The van der Waals surface area contributed by atoms with Crippen molar-refractivity contribution in [2.24, 2.45) is 0 Å². The van der Waals surface area contributed by atoms with E-state index < -0.39 is 35.2 Å². The van der Waals surface area contributed by atoms with Crippen LogP contribution in [0.2, 0.25) is 0 Å². The molecule has 0 aliphatic carbocycles. The molecule has 3 amide bonds. The molecule has 0 spiro atoms. The van der Waals surface area contributed by atoms with Crippen LogP contribution >= 0.6 is 12.6 Å². The van der Waals surface area contributed by atoms with E-state index >= 15 is 0 Å². The molecule has 0 aliphatic rings. The highest BCUT2D eigenvalue weighted by atomic mass is 32.1. The highest BCUT2D eigenvalue weighted by Gasteiger charge is 2.36. The third kappa shape index (κ3) is 11.2. The van der Waals surface area contributed by atoms with Crippen molar-refractivity contribution in [3.8, 4) is 5.75 Å². The Morgan fingerprint density at radius 1 is 1.03 bits per heavy atom. The van der Waals surface area contributed by atoms with Crippen LogP contribution in [0.15, 0.2) is 24.3 Å². The lowest BCUT2D eigenvalue weighted by molar-refractivity contribution is -0.142.